The molecule has 3 nitrogen and oxygen atoms in total. The molecular formula is C54H52N2O. The maximum atomic E-state index is 6.68. The zero-order valence-corrected chi connectivity index (χ0v) is 33.0. The predicted molar refractivity (Wildman–Crippen MR) is 236 cm³/mol. The number of aryl methyl sites for hydroxylation is 1. The Morgan fingerprint density at radius 2 is 1.61 bits per heavy atom. The molecule has 5 atom stereocenters. The van der Waals surface area contributed by atoms with Crippen molar-refractivity contribution in [3.63, 3.8) is 0 Å². The Bertz CT molecular complexity index is 2650. The number of allylic oxidation sites excluding steroid dienone is 14. The highest BCUT2D eigenvalue weighted by molar-refractivity contribution is 5.92. The van der Waals surface area contributed by atoms with E-state index in [0.717, 1.165) is 49.9 Å². The van der Waals surface area contributed by atoms with Gasteiger partial charge in [-0.3, -0.25) is 0 Å². The monoisotopic (exact) mass is 744 g/mol. The molecule has 3 heteroatoms. The molecule has 7 aliphatic carbocycles. The molecular weight excluding hydrogens is 693 g/mol. The maximum absolute atomic E-state index is 6.68. The van der Waals surface area contributed by atoms with Crippen molar-refractivity contribution in [2.24, 2.45) is 11.8 Å². The molecule has 4 aromatic rings. The highest BCUT2D eigenvalue weighted by Crippen LogP contribution is 2.52. The van der Waals surface area contributed by atoms with Crippen LogP contribution in [0.25, 0.3) is 33.5 Å². The fourth-order valence-corrected chi connectivity index (χ4v) is 12.0. The zero-order valence-electron chi connectivity index (χ0n) is 33.0. The summed E-state index contributed by atoms with van der Waals surface area (Å²) in [5, 5.41) is 2.72. The lowest BCUT2D eigenvalue weighted by molar-refractivity contribution is 0.201. The van der Waals surface area contributed by atoms with Gasteiger partial charge < -0.3 is 13.9 Å². The zero-order chi connectivity index (χ0) is 37.5. The van der Waals surface area contributed by atoms with Gasteiger partial charge in [0.05, 0.1) is 12.1 Å². The third-order valence-electron chi connectivity index (χ3n) is 14.5. The van der Waals surface area contributed by atoms with Gasteiger partial charge in [0.15, 0.2) is 0 Å². The van der Waals surface area contributed by atoms with E-state index in [1.165, 1.54) is 94.8 Å². The van der Waals surface area contributed by atoms with Crippen molar-refractivity contribution in [3.05, 3.63) is 178 Å². The second-order valence-electron chi connectivity index (χ2n) is 17.7. The molecule has 0 saturated carbocycles. The van der Waals surface area contributed by atoms with Crippen LogP contribution in [0.1, 0.15) is 111 Å². The summed E-state index contributed by atoms with van der Waals surface area (Å²) in [4.78, 5) is 2.71. The molecule has 284 valence electrons. The lowest BCUT2D eigenvalue weighted by atomic mass is 9.78. The van der Waals surface area contributed by atoms with E-state index in [-0.39, 0.29) is 6.04 Å². The van der Waals surface area contributed by atoms with E-state index in [4.69, 9.17) is 4.42 Å². The van der Waals surface area contributed by atoms with Crippen LogP contribution in [0.4, 0.5) is 0 Å². The molecule has 5 unspecified atom stereocenters. The molecule has 0 amide bonds. The fourth-order valence-electron chi connectivity index (χ4n) is 12.0. The number of aromatic nitrogens is 1. The van der Waals surface area contributed by atoms with Gasteiger partial charge in [-0.2, -0.15) is 0 Å². The average Bonchev–Trinajstić information content (AvgIpc) is 3.94. The Kier molecular flexibility index (Phi) is 8.12. The number of para-hydroxylation sites is 1. The van der Waals surface area contributed by atoms with Crippen LogP contribution in [0.3, 0.4) is 0 Å². The van der Waals surface area contributed by atoms with E-state index in [9.17, 15) is 0 Å². The molecule has 8 aliphatic rings. The minimum Gasteiger partial charge on any atom is -0.458 e. The van der Waals surface area contributed by atoms with E-state index in [1.807, 2.05) is 0 Å². The summed E-state index contributed by atoms with van der Waals surface area (Å²) in [7, 11) is 0. The lowest BCUT2D eigenvalue weighted by Crippen LogP contribution is -2.36. The molecule has 0 fully saturated rings. The minimum atomic E-state index is 0.188. The Morgan fingerprint density at radius 1 is 0.719 bits per heavy atom. The largest absolute Gasteiger partial charge is 0.458 e. The molecule has 3 heterocycles. The van der Waals surface area contributed by atoms with Gasteiger partial charge in [-0.25, -0.2) is 0 Å². The second kappa shape index (κ2) is 13.7. The van der Waals surface area contributed by atoms with Gasteiger partial charge in [-0.05, 0) is 147 Å². The van der Waals surface area contributed by atoms with Crippen LogP contribution < -0.4 is 0 Å². The normalized spacial score (nSPS) is 27.6. The van der Waals surface area contributed by atoms with E-state index < -0.39 is 0 Å². The quantitative estimate of drug-likeness (QED) is 0.203. The fraction of sp³-hybridized carbons (Fsp3) is 0.333. The minimum absolute atomic E-state index is 0.188. The number of hydrogen-bond donors (Lipinski definition) is 0. The highest BCUT2D eigenvalue weighted by atomic mass is 16.3. The van der Waals surface area contributed by atoms with Crippen LogP contribution in [0.15, 0.2) is 154 Å². The number of fused-ring (bicyclic) bond motifs is 8. The Morgan fingerprint density at radius 3 is 2.53 bits per heavy atom. The summed E-state index contributed by atoms with van der Waals surface area (Å²) in [6, 6.07) is 17.0. The third-order valence-corrected chi connectivity index (χ3v) is 14.5. The van der Waals surface area contributed by atoms with Crippen molar-refractivity contribution in [3.8, 4) is 0 Å². The number of rotatable bonds is 5. The van der Waals surface area contributed by atoms with Gasteiger partial charge in [0.25, 0.3) is 0 Å². The molecule has 2 aromatic heterocycles. The smallest absolute Gasteiger partial charge is 0.135 e. The van der Waals surface area contributed by atoms with E-state index in [0.29, 0.717) is 23.9 Å². The lowest BCUT2D eigenvalue weighted by Gasteiger charge is -2.37. The molecule has 12 rings (SSSR count). The number of nitrogens with zero attached hydrogens (tertiary/aromatic N) is 2. The summed E-state index contributed by atoms with van der Waals surface area (Å²) in [6.07, 6.45) is 49.5. The van der Waals surface area contributed by atoms with E-state index >= 15 is 0 Å². The van der Waals surface area contributed by atoms with Crippen LogP contribution in [0.5, 0.6) is 0 Å². The van der Waals surface area contributed by atoms with Crippen molar-refractivity contribution < 1.29 is 4.42 Å². The van der Waals surface area contributed by atoms with Crippen molar-refractivity contribution in [2.75, 3.05) is 0 Å². The van der Waals surface area contributed by atoms with Crippen LogP contribution in [-0.2, 0) is 12.8 Å². The molecule has 2 aromatic carbocycles. The Labute approximate surface area is 337 Å². The number of furan rings is 1. The summed E-state index contributed by atoms with van der Waals surface area (Å²) in [5.41, 5.74) is 17.3. The topological polar surface area (TPSA) is 21.3 Å². The summed E-state index contributed by atoms with van der Waals surface area (Å²) < 4.78 is 9.52. The maximum Gasteiger partial charge on any atom is 0.135 e. The summed E-state index contributed by atoms with van der Waals surface area (Å²) in [6.45, 7) is 0. The van der Waals surface area contributed by atoms with Crippen LogP contribution in [0.2, 0.25) is 0 Å². The van der Waals surface area contributed by atoms with Crippen LogP contribution in [-0.4, -0.2) is 15.5 Å². The first kappa shape index (κ1) is 33.8. The van der Waals surface area contributed by atoms with Gasteiger partial charge in [0.1, 0.15) is 11.3 Å². The summed E-state index contributed by atoms with van der Waals surface area (Å²) in [5.74, 6) is 1.96. The first-order valence-corrected chi connectivity index (χ1v) is 22.1. The first-order chi connectivity index (χ1) is 28.3. The SMILES string of the molecule is C1=CC(C2=CC(C3=CCCC=C3)CC(n3c4c(c5cc(C6=CC7C8=C(C=CCC8)N(C8CC=Cc9c8oc8ccccc98)C7C=C6)ccc53)CCCC4)C2)=CCC1. The molecule has 0 saturated heterocycles. The Balaban J connectivity index is 0.909. The molecule has 57 heavy (non-hydrogen) atoms. The molecule has 0 radical (unpaired) electrons. The third kappa shape index (κ3) is 5.52. The average molecular weight is 745 g/mol. The Hall–Kier alpha value is -5.28. The molecule has 1 aliphatic heterocycles. The summed E-state index contributed by atoms with van der Waals surface area (Å²) >= 11 is 0. The van der Waals surface area contributed by atoms with Crippen molar-refractivity contribution >= 4 is 33.5 Å². The van der Waals surface area contributed by atoms with Gasteiger partial charge in [0.2, 0.25) is 0 Å². The van der Waals surface area contributed by atoms with Gasteiger partial charge in [-0.1, -0.05) is 103 Å². The van der Waals surface area contributed by atoms with Crippen molar-refractivity contribution in [2.45, 2.75) is 102 Å². The van der Waals surface area contributed by atoms with E-state index in [1.54, 1.807) is 22.4 Å². The molecule has 0 spiro atoms. The molecule has 0 bridgehead atoms. The second-order valence-corrected chi connectivity index (χ2v) is 17.7. The number of benzene rings is 2. The van der Waals surface area contributed by atoms with Crippen LogP contribution >= 0.6 is 0 Å². The highest BCUT2D eigenvalue weighted by Gasteiger charge is 2.44. The number of hydrogen-bond acceptors (Lipinski definition) is 2. The van der Waals surface area contributed by atoms with Gasteiger partial charge in [-0.15, -0.1) is 0 Å². The van der Waals surface area contributed by atoms with Crippen LogP contribution in [0, 0.1) is 11.8 Å². The van der Waals surface area contributed by atoms with Gasteiger partial charge >= 0.3 is 0 Å². The van der Waals surface area contributed by atoms with Crippen molar-refractivity contribution in [1.29, 1.82) is 0 Å². The van der Waals surface area contributed by atoms with Gasteiger partial charge in [0, 0.05) is 51.1 Å². The van der Waals surface area contributed by atoms with Crippen molar-refractivity contribution in [1.82, 2.24) is 9.47 Å². The first-order valence-electron chi connectivity index (χ1n) is 22.1. The standard InChI is InChI=1S/C54H52N2O/c1-3-14-35(15-4-1)39-30-40(36-16-5-2-6-17-36)32-41(31-39)55-48-22-10-7-18-42(48)46-33-37(26-28-50(46)55)38-27-29-51-47(34-38)43-19-8-11-23-49(43)56(51)52-24-13-21-45-44-20-9-12-25-53(44)57-54(45)52/h3,5,9,11-17,20-21,23,25-30,33-34,39,41,47,51-52H,1-2,4,6-8,10,18-19,22,24,31-32H2. The van der Waals surface area contributed by atoms with E-state index in [2.05, 4.69) is 137 Å². The molecule has 0 N–H and O–H groups in total. The predicted octanol–water partition coefficient (Wildman–Crippen LogP) is 13.7.